The first-order chi connectivity index (χ1) is 8.58. The summed E-state index contributed by atoms with van der Waals surface area (Å²) in [6, 6.07) is 4.72. The van der Waals surface area contributed by atoms with Crippen LogP contribution in [0.5, 0.6) is 11.5 Å². The molecule has 1 unspecified atom stereocenters. The van der Waals surface area contributed by atoms with Gasteiger partial charge in [0.15, 0.2) is 0 Å². The number of methoxy groups -OCH3 is 1. The summed E-state index contributed by atoms with van der Waals surface area (Å²) < 4.78 is 4.97. The van der Waals surface area contributed by atoms with E-state index in [1.54, 1.807) is 23.9 Å². The number of phenols is 1. The van der Waals surface area contributed by atoms with E-state index in [0.717, 1.165) is 11.5 Å². The quantitative estimate of drug-likeness (QED) is 0.832. The summed E-state index contributed by atoms with van der Waals surface area (Å²) in [6.45, 7) is 4.02. The largest absolute Gasteiger partial charge is 0.507 e. The van der Waals surface area contributed by atoms with E-state index in [0.29, 0.717) is 5.75 Å². The topological polar surface area (TPSA) is 58.6 Å². The molecule has 0 radical (unpaired) electrons. The van der Waals surface area contributed by atoms with Gasteiger partial charge in [-0.1, -0.05) is 6.92 Å². The van der Waals surface area contributed by atoms with Gasteiger partial charge in [-0.3, -0.25) is 4.79 Å². The number of carbonyl (C=O) groups is 1. The molecule has 0 spiro atoms. The predicted octanol–water partition coefficient (Wildman–Crippen LogP) is 2.27. The van der Waals surface area contributed by atoms with Crippen LogP contribution in [0.15, 0.2) is 18.2 Å². The Balaban J connectivity index is 2.66. The first-order valence-corrected chi connectivity index (χ1v) is 6.99. The average Bonchev–Trinajstić information content (AvgIpc) is 2.35. The molecule has 1 aromatic rings. The van der Waals surface area contributed by atoms with Crippen LogP contribution in [0.3, 0.4) is 0 Å². The fourth-order valence-electron chi connectivity index (χ4n) is 1.47. The summed E-state index contributed by atoms with van der Waals surface area (Å²) in [5.41, 5.74) is 0.268. The van der Waals surface area contributed by atoms with Crippen LogP contribution in [0.25, 0.3) is 0 Å². The van der Waals surface area contributed by atoms with E-state index in [1.807, 2.05) is 6.92 Å². The van der Waals surface area contributed by atoms with E-state index in [9.17, 15) is 9.90 Å². The molecule has 0 aliphatic rings. The summed E-state index contributed by atoms with van der Waals surface area (Å²) in [7, 11) is 1.51. The monoisotopic (exact) mass is 269 g/mol. The predicted molar refractivity (Wildman–Crippen MR) is 74.6 cm³/mol. The Kier molecular flexibility index (Phi) is 5.85. The second-order valence-corrected chi connectivity index (χ2v) is 5.24. The smallest absolute Gasteiger partial charge is 0.255 e. The summed E-state index contributed by atoms with van der Waals surface area (Å²) in [5, 5.41) is 12.6. The van der Waals surface area contributed by atoms with Crippen molar-refractivity contribution in [3.63, 3.8) is 0 Å². The van der Waals surface area contributed by atoms with Crippen molar-refractivity contribution in [1.29, 1.82) is 0 Å². The van der Waals surface area contributed by atoms with Crippen molar-refractivity contribution in [3.8, 4) is 11.5 Å². The number of nitrogens with one attached hydrogen (secondary N) is 1. The fraction of sp³-hybridized carbons (Fsp3) is 0.462. The van der Waals surface area contributed by atoms with Crippen molar-refractivity contribution >= 4 is 17.7 Å². The van der Waals surface area contributed by atoms with Crippen molar-refractivity contribution in [3.05, 3.63) is 23.8 Å². The Labute approximate surface area is 112 Å². The minimum absolute atomic E-state index is 0.0674. The molecule has 0 saturated heterocycles. The van der Waals surface area contributed by atoms with Gasteiger partial charge < -0.3 is 15.2 Å². The Morgan fingerprint density at radius 1 is 1.56 bits per heavy atom. The molecule has 1 rings (SSSR count). The van der Waals surface area contributed by atoms with Crippen LogP contribution in [-0.4, -0.2) is 35.7 Å². The molecule has 2 N–H and O–H groups in total. The molecule has 100 valence electrons. The van der Waals surface area contributed by atoms with Crippen LogP contribution < -0.4 is 10.1 Å². The van der Waals surface area contributed by atoms with E-state index >= 15 is 0 Å². The van der Waals surface area contributed by atoms with Gasteiger partial charge >= 0.3 is 0 Å². The molecule has 1 aromatic carbocycles. The number of hydrogen-bond donors (Lipinski definition) is 2. The summed E-state index contributed by atoms with van der Waals surface area (Å²) in [6.07, 6.45) is 0. The summed E-state index contributed by atoms with van der Waals surface area (Å²) in [5.74, 6) is 2.08. The zero-order chi connectivity index (χ0) is 13.5. The van der Waals surface area contributed by atoms with Gasteiger partial charge in [0.1, 0.15) is 11.5 Å². The highest BCUT2D eigenvalue weighted by atomic mass is 32.2. The van der Waals surface area contributed by atoms with Crippen molar-refractivity contribution in [2.75, 3.05) is 18.6 Å². The molecule has 5 heteroatoms. The Bertz CT molecular complexity index is 409. The minimum atomic E-state index is -0.264. The molecule has 18 heavy (non-hydrogen) atoms. The number of carbonyl (C=O) groups excluding carboxylic acids is 1. The van der Waals surface area contributed by atoms with E-state index in [2.05, 4.69) is 12.2 Å². The number of ether oxygens (including phenoxy) is 1. The molecule has 0 aliphatic carbocycles. The van der Waals surface area contributed by atoms with Crippen molar-refractivity contribution in [1.82, 2.24) is 5.32 Å². The van der Waals surface area contributed by atoms with Crippen LogP contribution in [0.1, 0.15) is 24.2 Å². The number of amides is 1. The maximum Gasteiger partial charge on any atom is 0.255 e. The fourth-order valence-corrected chi connectivity index (χ4v) is 2.14. The van der Waals surface area contributed by atoms with Crippen LogP contribution in [0.2, 0.25) is 0 Å². The van der Waals surface area contributed by atoms with Crippen LogP contribution in [0, 0.1) is 0 Å². The van der Waals surface area contributed by atoms with Crippen LogP contribution in [-0.2, 0) is 0 Å². The first-order valence-electron chi connectivity index (χ1n) is 5.84. The second-order valence-electron chi connectivity index (χ2n) is 3.92. The third kappa shape index (κ3) is 4.14. The van der Waals surface area contributed by atoms with E-state index in [4.69, 9.17) is 4.74 Å². The maximum absolute atomic E-state index is 11.9. The van der Waals surface area contributed by atoms with E-state index < -0.39 is 0 Å². The lowest BCUT2D eigenvalue weighted by atomic mass is 10.1. The standard InChI is InChI=1S/C13H19NO3S/c1-4-18-8-9(2)14-13(16)11-6-5-10(17-3)7-12(11)15/h5-7,9,15H,4,8H2,1-3H3,(H,14,16). The molecule has 1 amide bonds. The summed E-state index contributed by atoms with van der Waals surface area (Å²) in [4.78, 5) is 11.9. The Morgan fingerprint density at radius 3 is 2.83 bits per heavy atom. The average molecular weight is 269 g/mol. The Morgan fingerprint density at radius 2 is 2.28 bits per heavy atom. The third-order valence-corrected chi connectivity index (χ3v) is 3.54. The molecular weight excluding hydrogens is 250 g/mol. The highest BCUT2D eigenvalue weighted by Crippen LogP contribution is 2.23. The zero-order valence-corrected chi connectivity index (χ0v) is 11.7. The lowest BCUT2D eigenvalue weighted by Gasteiger charge is -2.14. The van der Waals surface area contributed by atoms with Crippen molar-refractivity contribution in [2.24, 2.45) is 0 Å². The lowest BCUT2D eigenvalue weighted by molar-refractivity contribution is 0.0941. The highest BCUT2D eigenvalue weighted by Gasteiger charge is 2.14. The van der Waals surface area contributed by atoms with Gasteiger partial charge in [0, 0.05) is 17.9 Å². The SMILES string of the molecule is CCSCC(C)NC(=O)c1ccc(OC)cc1O. The lowest BCUT2D eigenvalue weighted by Crippen LogP contribution is -2.34. The number of thioether (sulfide) groups is 1. The maximum atomic E-state index is 11.9. The molecule has 0 bridgehead atoms. The highest BCUT2D eigenvalue weighted by molar-refractivity contribution is 7.99. The number of benzene rings is 1. The number of hydrogen-bond acceptors (Lipinski definition) is 4. The van der Waals surface area contributed by atoms with E-state index in [1.165, 1.54) is 13.2 Å². The van der Waals surface area contributed by atoms with Crippen molar-refractivity contribution < 1.29 is 14.6 Å². The molecule has 0 fully saturated rings. The number of phenolic OH excluding ortho intramolecular Hbond substituents is 1. The number of aromatic hydroxyl groups is 1. The summed E-state index contributed by atoms with van der Waals surface area (Å²) >= 11 is 1.77. The molecule has 0 heterocycles. The van der Waals surface area contributed by atoms with Crippen LogP contribution in [0.4, 0.5) is 0 Å². The molecule has 0 aromatic heterocycles. The molecule has 1 atom stereocenters. The van der Waals surface area contributed by atoms with Gasteiger partial charge in [0.25, 0.3) is 5.91 Å². The van der Waals surface area contributed by atoms with Gasteiger partial charge in [0.05, 0.1) is 12.7 Å². The Hall–Kier alpha value is -1.36. The van der Waals surface area contributed by atoms with Gasteiger partial charge in [-0.05, 0) is 24.8 Å². The molecule has 0 saturated carbocycles. The second kappa shape index (κ2) is 7.16. The number of rotatable bonds is 6. The minimum Gasteiger partial charge on any atom is -0.507 e. The molecular formula is C13H19NO3S. The van der Waals surface area contributed by atoms with Gasteiger partial charge in [-0.25, -0.2) is 0 Å². The van der Waals surface area contributed by atoms with Crippen LogP contribution >= 0.6 is 11.8 Å². The normalized spacial score (nSPS) is 11.9. The molecule has 4 nitrogen and oxygen atoms in total. The zero-order valence-electron chi connectivity index (χ0n) is 10.9. The van der Waals surface area contributed by atoms with Gasteiger partial charge in [-0.15, -0.1) is 0 Å². The van der Waals surface area contributed by atoms with E-state index in [-0.39, 0.29) is 23.3 Å². The van der Waals surface area contributed by atoms with Gasteiger partial charge in [-0.2, -0.15) is 11.8 Å². The molecule has 0 aliphatic heterocycles. The third-order valence-electron chi connectivity index (χ3n) is 2.40. The van der Waals surface area contributed by atoms with Crippen molar-refractivity contribution in [2.45, 2.75) is 19.9 Å². The first kappa shape index (κ1) is 14.7. The van der Waals surface area contributed by atoms with Gasteiger partial charge in [0.2, 0.25) is 0 Å².